The molecule has 8 nitrogen and oxygen atoms in total. The highest BCUT2D eigenvalue weighted by molar-refractivity contribution is 8.29. The SMILES string of the molecule is CCOC(=O)C1=C(C)N(c2ccccc2)C2(SC(C(=O)OC)=NN2c2ccc(OC)cc2)S1. The van der Waals surface area contributed by atoms with Crippen molar-refractivity contribution < 1.29 is 23.8 Å². The number of anilines is 2. The van der Waals surface area contributed by atoms with Crippen molar-refractivity contribution in [3.05, 3.63) is 65.2 Å². The summed E-state index contributed by atoms with van der Waals surface area (Å²) in [5.74, 6) is -0.275. The van der Waals surface area contributed by atoms with E-state index in [4.69, 9.17) is 14.2 Å². The minimum Gasteiger partial charge on any atom is -0.497 e. The molecule has 10 heteroatoms. The number of hydrazone groups is 1. The van der Waals surface area contributed by atoms with Gasteiger partial charge in [-0.3, -0.25) is 0 Å². The number of ether oxygens (including phenoxy) is 3. The van der Waals surface area contributed by atoms with Gasteiger partial charge in [-0.15, -0.1) is 0 Å². The van der Waals surface area contributed by atoms with Gasteiger partial charge in [0.15, 0.2) is 0 Å². The number of methoxy groups -OCH3 is 2. The van der Waals surface area contributed by atoms with Crippen LogP contribution < -0.4 is 14.6 Å². The number of rotatable bonds is 6. The number of esters is 2. The van der Waals surface area contributed by atoms with Crippen molar-refractivity contribution in [3.63, 3.8) is 0 Å². The van der Waals surface area contributed by atoms with E-state index in [1.807, 2.05) is 66.4 Å². The van der Waals surface area contributed by atoms with Gasteiger partial charge in [0.2, 0.25) is 9.37 Å². The van der Waals surface area contributed by atoms with Gasteiger partial charge in [0.25, 0.3) is 0 Å². The van der Waals surface area contributed by atoms with E-state index in [9.17, 15) is 9.59 Å². The van der Waals surface area contributed by atoms with Crippen LogP contribution in [-0.2, 0) is 19.1 Å². The Kier molecular flexibility index (Phi) is 6.57. The lowest BCUT2D eigenvalue weighted by Gasteiger charge is -2.41. The molecule has 1 atom stereocenters. The Morgan fingerprint density at radius 3 is 2.27 bits per heavy atom. The van der Waals surface area contributed by atoms with Crippen molar-refractivity contribution in [2.24, 2.45) is 5.10 Å². The number of benzene rings is 2. The molecule has 4 rings (SSSR count). The molecule has 2 aliphatic rings. The average molecular weight is 486 g/mol. The monoisotopic (exact) mass is 485 g/mol. The van der Waals surface area contributed by atoms with Crippen molar-refractivity contribution in [1.29, 1.82) is 0 Å². The molecule has 1 spiro atoms. The van der Waals surface area contributed by atoms with Crippen molar-refractivity contribution in [3.8, 4) is 5.75 Å². The minimum absolute atomic E-state index is 0.180. The summed E-state index contributed by atoms with van der Waals surface area (Å²) in [5.41, 5.74) is 2.26. The number of thioether (sulfide) groups is 2. The first kappa shape index (κ1) is 23.1. The molecule has 0 bridgehead atoms. The lowest BCUT2D eigenvalue weighted by molar-refractivity contribution is -0.137. The van der Waals surface area contributed by atoms with E-state index in [2.05, 4.69) is 5.10 Å². The van der Waals surface area contributed by atoms with Crippen LogP contribution in [0.15, 0.2) is 70.3 Å². The van der Waals surface area contributed by atoms with Crippen LogP contribution in [0.4, 0.5) is 11.4 Å². The summed E-state index contributed by atoms with van der Waals surface area (Å²) in [7, 11) is 2.91. The number of carbonyl (C=O) groups is 2. The molecule has 0 saturated carbocycles. The highest BCUT2D eigenvalue weighted by atomic mass is 32.2. The van der Waals surface area contributed by atoms with E-state index in [0.717, 1.165) is 5.69 Å². The van der Waals surface area contributed by atoms with Crippen molar-refractivity contribution in [1.82, 2.24) is 0 Å². The summed E-state index contributed by atoms with van der Waals surface area (Å²) in [5, 5.41) is 6.54. The van der Waals surface area contributed by atoms with Gasteiger partial charge in [0, 0.05) is 11.4 Å². The van der Waals surface area contributed by atoms with Crippen LogP contribution in [0.3, 0.4) is 0 Å². The lowest BCUT2D eigenvalue weighted by Crippen LogP contribution is -2.49. The Morgan fingerprint density at radius 2 is 1.67 bits per heavy atom. The third-order valence-corrected chi connectivity index (χ3v) is 7.87. The van der Waals surface area contributed by atoms with Gasteiger partial charge in [-0.25, -0.2) is 14.6 Å². The van der Waals surface area contributed by atoms with Crippen molar-refractivity contribution >= 4 is 51.9 Å². The minimum atomic E-state index is -1.02. The predicted octanol–water partition coefficient (Wildman–Crippen LogP) is 4.39. The smallest absolute Gasteiger partial charge is 0.365 e. The van der Waals surface area contributed by atoms with Gasteiger partial charge in [-0.2, -0.15) is 5.10 Å². The standard InChI is InChI=1S/C23H23N3O5S2/c1-5-31-21(27)19-15(2)25(16-9-7-6-8-10-16)23(32-19)26(24-20(33-23)22(28)30-4)17-11-13-18(29-3)14-12-17/h6-14H,5H2,1-4H3. The second kappa shape index (κ2) is 9.40. The average Bonchev–Trinajstić information content (AvgIpc) is 3.36. The number of hydrogen-bond acceptors (Lipinski definition) is 10. The number of carbonyl (C=O) groups excluding carboxylic acids is 2. The molecule has 2 aliphatic heterocycles. The van der Waals surface area contributed by atoms with Crippen molar-refractivity contribution in [2.45, 2.75) is 18.2 Å². The van der Waals surface area contributed by atoms with Crippen LogP contribution in [0.2, 0.25) is 0 Å². The molecule has 2 aromatic carbocycles. The first-order chi connectivity index (χ1) is 15.9. The molecule has 0 fully saturated rings. The van der Waals surface area contributed by atoms with Gasteiger partial charge < -0.3 is 19.1 Å². The topological polar surface area (TPSA) is 80.7 Å². The Hall–Kier alpha value is -3.11. The number of nitrogens with zero attached hydrogens (tertiary/aromatic N) is 3. The Balaban J connectivity index is 1.88. The lowest BCUT2D eigenvalue weighted by atomic mass is 10.2. The van der Waals surface area contributed by atoms with Crippen LogP contribution in [0, 0.1) is 0 Å². The Bertz CT molecular complexity index is 1120. The first-order valence-corrected chi connectivity index (χ1v) is 11.8. The van der Waals surface area contributed by atoms with E-state index in [1.165, 1.54) is 30.6 Å². The Morgan fingerprint density at radius 1 is 0.970 bits per heavy atom. The molecule has 0 radical (unpaired) electrons. The number of hydrogen-bond donors (Lipinski definition) is 0. The number of para-hydroxylation sites is 1. The molecule has 172 valence electrons. The van der Waals surface area contributed by atoms with Gasteiger partial charge in [0.05, 0.1) is 26.5 Å². The number of allylic oxidation sites excluding steroid dienone is 1. The van der Waals surface area contributed by atoms with Crippen molar-refractivity contribution in [2.75, 3.05) is 30.7 Å². The molecular formula is C23H23N3O5S2. The largest absolute Gasteiger partial charge is 0.497 e. The zero-order valence-electron chi connectivity index (χ0n) is 18.6. The predicted molar refractivity (Wildman–Crippen MR) is 131 cm³/mol. The van der Waals surface area contributed by atoms with E-state index in [0.29, 0.717) is 22.0 Å². The zero-order chi connectivity index (χ0) is 23.6. The maximum absolute atomic E-state index is 12.9. The van der Waals surface area contributed by atoms with Gasteiger partial charge in [-0.05, 0) is 62.0 Å². The van der Waals surface area contributed by atoms with Crippen LogP contribution in [-0.4, -0.2) is 42.1 Å². The van der Waals surface area contributed by atoms with Gasteiger partial charge >= 0.3 is 11.9 Å². The third kappa shape index (κ3) is 4.04. The summed E-state index contributed by atoms with van der Waals surface area (Å²) in [4.78, 5) is 27.8. The quantitative estimate of drug-likeness (QED) is 0.553. The molecule has 0 saturated heterocycles. The summed E-state index contributed by atoms with van der Waals surface area (Å²) in [6.45, 7) is 3.89. The van der Waals surface area contributed by atoms with Gasteiger partial charge in [0.1, 0.15) is 10.7 Å². The maximum Gasteiger partial charge on any atom is 0.365 e. The molecule has 0 aromatic heterocycles. The molecule has 1 unspecified atom stereocenters. The van der Waals surface area contributed by atoms with Gasteiger partial charge in [-0.1, -0.05) is 30.0 Å². The summed E-state index contributed by atoms with van der Waals surface area (Å²) in [6, 6.07) is 17.0. The Labute approximate surface area is 200 Å². The van der Waals surface area contributed by atoms with Crippen LogP contribution in [0.1, 0.15) is 13.8 Å². The summed E-state index contributed by atoms with van der Waals surface area (Å²) < 4.78 is 14.6. The van der Waals surface area contributed by atoms with E-state index < -0.39 is 16.3 Å². The fourth-order valence-electron chi connectivity index (χ4n) is 3.55. The third-order valence-electron chi connectivity index (χ3n) is 5.02. The first-order valence-electron chi connectivity index (χ1n) is 10.2. The molecule has 33 heavy (non-hydrogen) atoms. The second-order valence-corrected chi connectivity index (χ2v) is 9.57. The molecule has 2 heterocycles. The maximum atomic E-state index is 12.9. The van der Waals surface area contributed by atoms with E-state index in [-0.39, 0.29) is 11.7 Å². The normalized spacial score (nSPS) is 19.7. The fourth-order valence-corrected chi connectivity index (χ4v) is 6.52. The molecule has 0 N–H and O–H groups in total. The summed E-state index contributed by atoms with van der Waals surface area (Å²) in [6.07, 6.45) is 0. The van der Waals surface area contributed by atoms with E-state index >= 15 is 0 Å². The second-order valence-electron chi connectivity index (χ2n) is 6.97. The molecule has 2 aromatic rings. The van der Waals surface area contributed by atoms with Crippen LogP contribution in [0.25, 0.3) is 0 Å². The summed E-state index contributed by atoms with van der Waals surface area (Å²) >= 11 is 2.51. The molecule has 0 amide bonds. The van der Waals surface area contributed by atoms with Crippen LogP contribution in [0.5, 0.6) is 5.75 Å². The highest BCUT2D eigenvalue weighted by Gasteiger charge is 2.58. The highest BCUT2D eigenvalue weighted by Crippen LogP contribution is 2.60. The molecule has 0 aliphatic carbocycles. The van der Waals surface area contributed by atoms with E-state index in [1.54, 1.807) is 19.0 Å². The molecular weight excluding hydrogens is 462 g/mol. The zero-order valence-corrected chi connectivity index (χ0v) is 20.2. The fraction of sp³-hybridized carbons (Fsp3) is 0.261. The van der Waals surface area contributed by atoms with Crippen LogP contribution >= 0.6 is 23.5 Å².